The van der Waals surface area contributed by atoms with Gasteiger partial charge in [0.1, 0.15) is 17.4 Å². The second-order valence-corrected chi connectivity index (χ2v) is 5.99. The highest BCUT2D eigenvalue weighted by Gasteiger charge is 2.33. The summed E-state index contributed by atoms with van der Waals surface area (Å²) in [4.78, 5) is 12.3. The molecule has 3 N–H and O–H groups in total. The number of rotatable bonds is 4. The zero-order chi connectivity index (χ0) is 21.0. The molecule has 1 amide bonds. The van der Waals surface area contributed by atoms with Crippen molar-refractivity contribution in [1.29, 1.82) is 5.26 Å². The average Bonchev–Trinajstić information content (AvgIpc) is 2.68. The third-order valence-electron chi connectivity index (χ3n) is 4.12. The molecule has 5 nitrogen and oxygen atoms in total. The van der Waals surface area contributed by atoms with Crippen molar-refractivity contribution in [2.75, 3.05) is 10.6 Å². The molecule has 0 aliphatic carbocycles. The third kappa shape index (κ3) is 4.30. The molecule has 0 heterocycles. The maximum absolute atomic E-state index is 13.1. The molecule has 0 atom stereocenters. The number of carbonyl (C=O) groups excluding carboxylic acids is 1. The number of phenolic OH excluding ortho intramolecular Hbond substituents is 1. The molecule has 0 saturated carbocycles. The van der Waals surface area contributed by atoms with Crippen molar-refractivity contribution < 1.29 is 23.1 Å². The Bertz CT molecular complexity index is 1150. The van der Waals surface area contributed by atoms with Crippen molar-refractivity contribution in [3.63, 3.8) is 0 Å². The molecule has 0 aliphatic heterocycles. The van der Waals surface area contributed by atoms with Gasteiger partial charge in [0.2, 0.25) is 0 Å². The number of nitrogens with one attached hydrogen (secondary N) is 2. The van der Waals surface area contributed by atoms with Crippen molar-refractivity contribution in [3.8, 4) is 11.8 Å². The van der Waals surface area contributed by atoms with Gasteiger partial charge >= 0.3 is 6.18 Å². The van der Waals surface area contributed by atoms with Crippen LogP contribution in [0.4, 0.5) is 24.5 Å². The first-order valence-electron chi connectivity index (χ1n) is 8.36. The first kappa shape index (κ1) is 19.8. The van der Waals surface area contributed by atoms with Crippen molar-refractivity contribution in [2.24, 2.45) is 0 Å². The maximum Gasteiger partial charge on any atom is 0.418 e. The summed E-state index contributed by atoms with van der Waals surface area (Å²) in [5, 5.41) is 25.3. The highest BCUT2D eigenvalue weighted by atomic mass is 19.4. The Hall–Kier alpha value is -3.99. The molecule has 3 aromatic rings. The first-order valence-corrected chi connectivity index (χ1v) is 8.36. The molecular formula is C21H14F3N3O2. The van der Waals surface area contributed by atoms with Crippen LogP contribution in [0.3, 0.4) is 0 Å². The zero-order valence-corrected chi connectivity index (χ0v) is 14.8. The zero-order valence-electron chi connectivity index (χ0n) is 14.8. The summed E-state index contributed by atoms with van der Waals surface area (Å²) in [5.74, 6) is -0.920. The lowest BCUT2D eigenvalue weighted by Gasteiger charge is -2.13. The molecule has 0 bridgehead atoms. The van der Waals surface area contributed by atoms with E-state index in [1.54, 1.807) is 36.4 Å². The van der Waals surface area contributed by atoms with Gasteiger partial charge in [-0.3, -0.25) is 4.79 Å². The van der Waals surface area contributed by atoms with Crippen LogP contribution in [-0.4, -0.2) is 11.0 Å². The number of halogens is 3. The SMILES string of the molecule is N#C/C(=C/Nc1cccc2c(O)cccc12)C(=O)Nc1ccccc1C(F)(F)F. The quantitative estimate of drug-likeness (QED) is 0.426. The van der Waals surface area contributed by atoms with Crippen molar-refractivity contribution in [3.05, 3.63) is 78.0 Å². The van der Waals surface area contributed by atoms with Gasteiger partial charge in [-0.15, -0.1) is 0 Å². The monoisotopic (exact) mass is 397 g/mol. The summed E-state index contributed by atoms with van der Waals surface area (Å²) < 4.78 is 39.2. The van der Waals surface area contributed by atoms with Crippen LogP contribution in [0.2, 0.25) is 0 Å². The van der Waals surface area contributed by atoms with Gasteiger partial charge in [0, 0.05) is 22.7 Å². The molecule has 0 spiro atoms. The minimum absolute atomic E-state index is 0.0668. The van der Waals surface area contributed by atoms with Crippen LogP contribution < -0.4 is 10.6 Å². The fourth-order valence-corrected chi connectivity index (χ4v) is 2.75. The Morgan fingerprint density at radius 1 is 0.966 bits per heavy atom. The summed E-state index contributed by atoms with van der Waals surface area (Å²) in [7, 11) is 0. The fourth-order valence-electron chi connectivity index (χ4n) is 2.75. The Morgan fingerprint density at radius 3 is 2.34 bits per heavy atom. The van der Waals surface area contributed by atoms with Gasteiger partial charge in [0.25, 0.3) is 5.91 Å². The lowest BCUT2D eigenvalue weighted by molar-refractivity contribution is -0.137. The van der Waals surface area contributed by atoms with E-state index in [1.165, 1.54) is 18.2 Å². The molecule has 8 heteroatoms. The summed E-state index contributed by atoms with van der Waals surface area (Å²) >= 11 is 0. The van der Waals surface area contributed by atoms with Gasteiger partial charge in [-0.05, 0) is 24.3 Å². The van der Waals surface area contributed by atoms with Gasteiger partial charge < -0.3 is 15.7 Å². The van der Waals surface area contributed by atoms with E-state index in [9.17, 15) is 28.3 Å². The number of anilines is 2. The van der Waals surface area contributed by atoms with E-state index < -0.39 is 28.9 Å². The van der Waals surface area contributed by atoms with E-state index in [4.69, 9.17) is 0 Å². The summed E-state index contributed by atoms with van der Waals surface area (Å²) in [6, 6.07) is 16.1. The number of amides is 1. The molecule has 29 heavy (non-hydrogen) atoms. The molecule has 146 valence electrons. The third-order valence-corrected chi connectivity index (χ3v) is 4.12. The highest BCUT2D eigenvalue weighted by molar-refractivity contribution is 6.07. The van der Waals surface area contributed by atoms with E-state index in [0.29, 0.717) is 16.5 Å². The maximum atomic E-state index is 13.1. The van der Waals surface area contributed by atoms with Crippen LogP contribution >= 0.6 is 0 Å². The summed E-state index contributed by atoms with van der Waals surface area (Å²) in [5.41, 5.74) is -1.36. The molecule has 3 aromatic carbocycles. The van der Waals surface area contributed by atoms with Crippen LogP contribution in [0, 0.1) is 11.3 Å². The van der Waals surface area contributed by atoms with E-state index in [1.807, 2.05) is 0 Å². The fraction of sp³-hybridized carbons (Fsp3) is 0.0476. The van der Waals surface area contributed by atoms with E-state index in [0.717, 1.165) is 18.3 Å². The predicted octanol–water partition coefficient (Wildman–Crippen LogP) is 5.02. The molecule has 0 saturated heterocycles. The predicted molar refractivity (Wildman–Crippen MR) is 103 cm³/mol. The van der Waals surface area contributed by atoms with E-state index in [2.05, 4.69) is 10.6 Å². The second-order valence-electron chi connectivity index (χ2n) is 5.99. The van der Waals surface area contributed by atoms with Crippen LogP contribution in [0.15, 0.2) is 72.4 Å². The van der Waals surface area contributed by atoms with Crippen molar-refractivity contribution >= 4 is 28.1 Å². The standard InChI is InChI=1S/C21H14F3N3O2/c22-21(23,24)16-7-1-2-8-18(16)27-20(29)13(11-25)12-26-17-9-3-6-15-14(17)5-4-10-19(15)28/h1-10,12,26,28H,(H,27,29)/b13-12-. The number of nitrogens with zero attached hydrogens (tertiary/aromatic N) is 1. The van der Waals surface area contributed by atoms with Gasteiger partial charge in [-0.25, -0.2) is 0 Å². The Labute approximate surface area is 163 Å². The molecule has 0 unspecified atom stereocenters. The number of alkyl halides is 3. The van der Waals surface area contributed by atoms with E-state index >= 15 is 0 Å². The first-order chi connectivity index (χ1) is 13.8. The lowest BCUT2D eigenvalue weighted by Crippen LogP contribution is -2.18. The summed E-state index contributed by atoms with van der Waals surface area (Å²) in [6.07, 6.45) is -3.55. The molecule has 0 aliphatic rings. The minimum Gasteiger partial charge on any atom is -0.507 e. The van der Waals surface area contributed by atoms with Crippen LogP contribution in [0.5, 0.6) is 5.75 Å². The largest absolute Gasteiger partial charge is 0.507 e. The minimum atomic E-state index is -4.65. The number of hydrogen-bond acceptors (Lipinski definition) is 4. The summed E-state index contributed by atoms with van der Waals surface area (Å²) in [6.45, 7) is 0. The number of benzene rings is 3. The van der Waals surface area contributed by atoms with Gasteiger partial charge in [0.15, 0.2) is 0 Å². The number of phenols is 1. The number of hydrogen-bond donors (Lipinski definition) is 3. The molecule has 3 rings (SSSR count). The second kappa shape index (κ2) is 7.94. The normalized spacial score (nSPS) is 11.7. The number of aromatic hydroxyl groups is 1. The smallest absolute Gasteiger partial charge is 0.418 e. The average molecular weight is 397 g/mol. The molecular weight excluding hydrogens is 383 g/mol. The molecule has 0 fully saturated rings. The van der Waals surface area contributed by atoms with E-state index in [-0.39, 0.29) is 5.75 Å². The molecule has 0 radical (unpaired) electrons. The van der Waals surface area contributed by atoms with Gasteiger partial charge in [-0.2, -0.15) is 18.4 Å². The van der Waals surface area contributed by atoms with Crippen LogP contribution in [0.25, 0.3) is 10.8 Å². The topological polar surface area (TPSA) is 85.2 Å². The Kier molecular flexibility index (Phi) is 5.41. The number of fused-ring (bicyclic) bond motifs is 1. The number of carbonyl (C=O) groups is 1. The van der Waals surface area contributed by atoms with Gasteiger partial charge in [-0.1, -0.05) is 36.4 Å². The highest BCUT2D eigenvalue weighted by Crippen LogP contribution is 2.34. The van der Waals surface area contributed by atoms with Crippen molar-refractivity contribution in [1.82, 2.24) is 0 Å². The molecule has 0 aromatic heterocycles. The Balaban J connectivity index is 1.86. The number of nitriles is 1. The van der Waals surface area contributed by atoms with Crippen molar-refractivity contribution in [2.45, 2.75) is 6.18 Å². The van der Waals surface area contributed by atoms with Crippen LogP contribution in [0.1, 0.15) is 5.56 Å². The Morgan fingerprint density at radius 2 is 1.62 bits per heavy atom. The lowest BCUT2D eigenvalue weighted by atomic mass is 10.1. The number of para-hydroxylation sites is 1. The van der Waals surface area contributed by atoms with Crippen LogP contribution in [-0.2, 0) is 11.0 Å². The van der Waals surface area contributed by atoms with Gasteiger partial charge in [0.05, 0.1) is 11.3 Å².